The summed E-state index contributed by atoms with van der Waals surface area (Å²) in [7, 11) is 1.50. The predicted molar refractivity (Wildman–Crippen MR) is 55.3 cm³/mol. The first-order valence-corrected chi connectivity index (χ1v) is 5.13. The van der Waals surface area contributed by atoms with Gasteiger partial charge in [-0.2, -0.15) is 0 Å². The number of nitrogens with zero attached hydrogens (tertiary/aromatic N) is 1. The summed E-state index contributed by atoms with van der Waals surface area (Å²) in [5.74, 6) is -0.0991. The number of carbonyl (C=O) groups is 1. The second kappa shape index (κ2) is 5.07. The minimum atomic E-state index is -0.0991. The van der Waals surface area contributed by atoms with Crippen molar-refractivity contribution in [1.82, 2.24) is 10.3 Å². The lowest BCUT2D eigenvalue weighted by Crippen LogP contribution is -2.26. The van der Waals surface area contributed by atoms with Crippen molar-refractivity contribution in [3.05, 3.63) is 15.6 Å². The van der Waals surface area contributed by atoms with Crippen molar-refractivity contribution in [2.75, 3.05) is 13.7 Å². The van der Waals surface area contributed by atoms with Crippen LogP contribution >= 0.6 is 11.3 Å². The summed E-state index contributed by atoms with van der Waals surface area (Å²) < 4.78 is 4.70. The highest BCUT2D eigenvalue weighted by Gasteiger charge is 2.06. The van der Waals surface area contributed by atoms with Crippen molar-refractivity contribution >= 4 is 17.2 Å². The van der Waals surface area contributed by atoms with Crippen molar-refractivity contribution in [2.24, 2.45) is 0 Å². The Balaban J connectivity index is 2.45. The van der Waals surface area contributed by atoms with Crippen molar-refractivity contribution in [1.29, 1.82) is 0 Å². The second-order valence-corrected chi connectivity index (χ2v) is 4.24. The maximum atomic E-state index is 11.1. The van der Waals surface area contributed by atoms with Gasteiger partial charge in [0, 0.05) is 12.0 Å². The van der Waals surface area contributed by atoms with Gasteiger partial charge in [0.1, 0.15) is 6.61 Å². The average Bonchev–Trinajstić information content (AvgIpc) is 2.42. The third-order valence-electron chi connectivity index (χ3n) is 1.72. The van der Waals surface area contributed by atoms with Gasteiger partial charge < -0.3 is 10.1 Å². The minimum Gasteiger partial charge on any atom is -0.375 e. The number of thiazole rings is 1. The molecule has 1 heterocycles. The number of aromatic nitrogens is 1. The molecule has 1 N–H and O–H groups in total. The first-order valence-electron chi connectivity index (χ1n) is 4.32. The van der Waals surface area contributed by atoms with Crippen LogP contribution in [0.5, 0.6) is 0 Å². The maximum Gasteiger partial charge on any atom is 0.246 e. The van der Waals surface area contributed by atoms with E-state index in [0.29, 0.717) is 6.54 Å². The van der Waals surface area contributed by atoms with Crippen molar-refractivity contribution < 1.29 is 9.53 Å². The van der Waals surface area contributed by atoms with E-state index in [-0.39, 0.29) is 12.5 Å². The smallest absolute Gasteiger partial charge is 0.246 e. The van der Waals surface area contributed by atoms with Crippen LogP contribution in [0.25, 0.3) is 0 Å². The van der Waals surface area contributed by atoms with Gasteiger partial charge in [-0.1, -0.05) is 0 Å². The van der Waals surface area contributed by atoms with Crippen LogP contribution in [0.2, 0.25) is 0 Å². The summed E-state index contributed by atoms with van der Waals surface area (Å²) in [6.45, 7) is 4.55. The van der Waals surface area contributed by atoms with Crippen LogP contribution < -0.4 is 5.32 Å². The Morgan fingerprint density at radius 2 is 2.29 bits per heavy atom. The van der Waals surface area contributed by atoms with Gasteiger partial charge in [-0.25, -0.2) is 4.98 Å². The number of nitrogens with one attached hydrogen (secondary N) is 1. The molecule has 1 rings (SSSR count). The summed E-state index contributed by atoms with van der Waals surface area (Å²) in [5, 5.41) is 3.79. The lowest BCUT2D eigenvalue weighted by Gasteiger charge is -2.02. The van der Waals surface area contributed by atoms with Crippen LogP contribution in [-0.4, -0.2) is 24.6 Å². The van der Waals surface area contributed by atoms with E-state index in [1.165, 1.54) is 7.11 Å². The Morgan fingerprint density at radius 3 is 2.79 bits per heavy atom. The lowest BCUT2D eigenvalue weighted by atomic mass is 10.4. The topological polar surface area (TPSA) is 51.2 Å². The average molecular weight is 214 g/mol. The van der Waals surface area contributed by atoms with Crippen LogP contribution in [0, 0.1) is 13.8 Å². The normalized spacial score (nSPS) is 10.2. The molecule has 0 saturated heterocycles. The first kappa shape index (κ1) is 11.1. The standard InChI is InChI=1S/C9H14N2O2S/c1-6-8(14-7(2)11-6)4-10-9(12)5-13-3/h4-5H2,1-3H3,(H,10,12). The van der Waals surface area contributed by atoms with Gasteiger partial charge in [-0.15, -0.1) is 11.3 Å². The number of methoxy groups -OCH3 is 1. The Labute approximate surface area is 87.3 Å². The maximum absolute atomic E-state index is 11.1. The third-order valence-corrected chi connectivity index (χ3v) is 2.79. The second-order valence-electron chi connectivity index (χ2n) is 2.95. The third kappa shape index (κ3) is 3.08. The summed E-state index contributed by atoms with van der Waals surface area (Å²) in [5.41, 5.74) is 0.991. The number of hydrogen-bond acceptors (Lipinski definition) is 4. The van der Waals surface area contributed by atoms with Gasteiger partial charge in [0.05, 0.1) is 17.2 Å². The number of amides is 1. The van der Waals surface area contributed by atoms with E-state index in [1.54, 1.807) is 11.3 Å². The van der Waals surface area contributed by atoms with Crippen molar-refractivity contribution in [2.45, 2.75) is 20.4 Å². The molecule has 0 bridgehead atoms. The molecule has 5 heteroatoms. The molecule has 1 aromatic rings. The van der Waals surface area contributed by atoms with Crippen LogP contribution in [0.1, 0.15) is 15.6 Å². The van der Waals surface area contributed by atoms with Crippen LogP contribution in [0.15, 0.2) is 0 Å². The Hall–Kier alpha value is -0.940. The fourth-order valence-electron chi connectivity index (χ4n) is 1.10. The molecule has 1 aromatic heterocycles. The van der Waals surface area contributed by atoms with Gasteiger partial charge in [-0.3, -0.25) is 4.79 Å². The van der Waals surface area contributed by atoms with E-state index >= 15 is 0 Å². The zero-order chi connectivity index (χ0) is 10.6. The Bertz CT molecular complexity index is 323. The van der Waals surface area contributed by atoms with E-state index in [4.69, 9.17) is 4.74 Å². The molecule has 0 aliphatic rings. The summed E-state index contributed by atoms with van der Waals surface area (Å²) in [6, 6.07) is 0. The van der Waals surface area contributed by atoms with E-state index in [0.717, 1.165) is 15.6 Å². The monoisotopic (exact) mass is 214 g/mol. The molecule has 0 aliphatic heterocycles. The SMILES string of the molecule is COCC(=O)NCc1sc(C)nc1C. The molecule has 0 aliphatic carbocycles. The molecular weight excluding hydrogens is 200 g/mol. The number of hydrogen-bond donors (Lipinski definition) is 1. The zero-order valence-corrected chi connectivity index (χ0v) is 9.40. The highest BCUT2D eigenvalue weighted by Crippen LogP contribution is 2.16. The van der Waals surface area contributed by atoms with E-state index in [9.17, 15) is 4.79 Å². The molecule has 0 atom stereocenters. The Morgan fingerprint density at radius 1 is 1.57 bits per heavy atom. The number of rotatable bonds is 4. The molecule has 0 radical (unpaired) electrons. The number of aryl methyl sites for hydroxylation is 2. The molecule has 0 aromatic carbocycles. The van der Waals surface area contributed by atoms with Gasteiger partial charge >= 0.3 is 0 Å². The highest BCUT2D eigenvalue weighted by molar-refractivity contribution is 7.11. The van der Waals surface area contributed by atoms with Crippen LogP contribution in [-0.2, 0) is 16.1 Å². The van der Waals surface area contributed by atoms with Crippen molar-refractivity contribution in [3.63, 3.8) is 0 Å². The fourth-order valence-corrected chi connectivity index (χ4v) is 1.98. The summed E-state index contributed by atoms with van der Waals surface area (Å²) >= 11 is 1.61. The van der Waals surface area contributed by atoms with E-state index < -0.39 is 0 Å². The molecule has 1 amide bonds. The molecule has 78 valence electrons. The first-order chi connectivity index (χ1) is 6.63. The largest absolute Gasteiger partial charge is 0.375 e. The molecular formula is C9H14N2O2S. The van der Waals surface area contributed by atoms with Gasteiger partial charge in [0.25, 0.3) is 0 Å². The summed E-state index contributed by atoms with van der Waals surface area (Å²) in [4.78, 5) is 16.5. The molecule has 0 unspecified atom stereocenters. The van der Waals surface area contributed by atoms with E-state index in [2.05, 4.69) is 10.3 Å². The predicted octanol–water partition coefficient (Wildman–Crippen LogP) is 1.02. The zero-order valence-electron chi connectivity index (χ0n) is 8.59. The fraction of sp³-hybridized carbons (Fsp3) is 0.556. The van der Waals surface area contributed by atoms with Gasteiger partial charge in [0.15, 0.2) is 0 Å². The quantitative estimate of drug-likeness (QED) is 0.814. The molecule has 4 nitrogen and oxygen atoms in total. The molecule has 0 spiro atoms. The summed E-state index contributed by atoms with van der Waals surface area (Å²) in [6.07, 6.45) is 0. The molecule has 14 heavy (non-hydrogen) atoms. The van der Waals surface area contributed by atoms with Crippen molar-refractivity contribution in [3.8, 4) is 0 Å². The molecule has 0 saturated carbocycles. The van der Waals surface area contributed by atoms with Crippen LogP contribution in [0.3, 0.4) is 0 Å². The molecule has 0 fully saturated rings. The lowest BCUT2D eigenvalue weighted by molar-refractivity contribution is -0.124. The van der Waals surface area contributed by atoms with E-state index in [1.807, 2.05) is 13.8 Å². The van der Waals surface area contributed by atoms with Gasteiger partial charge in [0.2, 0.25) is 5.91 Å². The number of ether oxygens (including phenoxy) is 1. The number of carbonyl (C=O) groups excluding carboxylic acids is 1. The Kier molecular flexibility index (Phi) is 4.03. The van der Waals surface area contributed by atoms with Gasteiger partial charge in [-0.05, 0) is 13.8 Å². The minimum absolute atomic E-state index is 0.0991. The highest BCUT2D eigenvalue weighted by atomic mass is 32.1. The van der Waals surface area contributed by atoms with Crippen LogP contribution in [0.4, 0.5) is 0 Å².